The summed E-state index contributed by atoms with van der Waals surface area (Å²) in [6, 6.07) is 9.64. The number of nitrogens with zero attached hydrogens (tertiary/aromatic N) is 2. The van der Waals surface area contributed by atoms with Crippen molar-refractivity contribution in [3.05, 3.63) is 65.2 Å². The normalized spacial score (nSPS) is 17.9. The highest BCUT2D eigenvalue weighted by Crippen LogP contribution is 2.24. The van der Waals surface area contributed by atoms with Gasteiger partial charge in [0.2, 0.25) is 0 Å². The van der Waals surface area contributed by atoms with Crippen molar-refractivity contribution in [2.45, 2.75) is 39.2 Å². The zero-order chi connectivity index (χ0) is 23.3. The third kappa shape index (κ3) is 5.84. The molecule has 0 aliphatic carbocycles. The van der Waals surface area contributed by atoms with Crippen molar-refractivity contribution in [2.75, 3.05) is 26.7 Å². The van der Waals surface area contributed by atoms with Gasteiger partial charge in [0.1, 0.15) is 24.0 Å². The standard InChI is InChI=1S/C25H30F2N2O3/c1-17(2)12-21-16-32-23-9-5-4-8-22(23)25(31)28(3)10-6-7-11-29(21)24(30)18-13-19(26)15-20(27)14-18/h4-5,8-9,13-15,17,21H,6-7,10-12,16H2,1-3H3/t21-/m0/s1. The molecule has 2 aromatic rings. The Balaban J connectivity index is 1.96. The summed E-state index contributed by atoms with van der Waals surface area (Å²) >= 11 is 0. The molecule has 172 valence electrons. The van der Waals surface area contributed by atoms with Gasteiger partial charge < -0.3 is 14.5 Å². The fraction of sp³-hybridized carbons (Fsp3) is 0.440. The number of hydrogen-bond acceptors (Lipinski definition) is 3. The second-order valence-corrected chi connectivity index (χ2v) is 8.68. The molecule has 3 rings (SSSR count). The smallest absolute Gasteiger partial charge is 0.257 e. The van der Waals surface area contributed by atoms with E-state index in [0.717, 1.165) is 18.2 Å². The van der Waals surface area contributed by atoms with Gasteiger partial charge in [-0.3, -0.25) is 9.59 Å². The third-order valence-corrected chi connectivity index (χ3v) is 5.59. The predicted molar refractivity (Wildman–Crippen MR) is 119 cm³/mol. The molecule has 1 atom stereocenters. The Hall–Kier alpha value is -2.96. The molecule has 0 N–H and O–H groups in total. The predicted octanol–water partition coefficient (Wildman–Crippen LogP) is 4.77. The van der Waals surface area contributed by atoms with E-state index in [2.05, 4.69) is 0 Å². The van der Waals surface area contributed by atoms with Crippen LogP contribution in [0.3, 0.4) is 0 Å². The van der Waals surface area contributed by atoms with Gasteiger partial charge in [0.25, 0.3) is 11.8 Å². The number of halogens is 2. The van der Waals surface area contributed by atoms with Gasteiger partial charge in [-0.2, -0.15) is 0 Å². The first-order valence-electron chi connectivity index (χ1n) is 11.0. The van der Waals surface area contributed by atoms with Gasteiger partial charge in [0.15, 0.2) is 0 Å². The lowest BCUT2D eigenvalue weighted by molar-refractivity contribution is 0.0558. The molecule has 1 aliphatic rings. The number of hydrogen-bond donors (Lipinski definition) is 0. The fourth-order valence-corrected chi connectivity index (χ4v) is 4.02. The van der Waals surface area contributed by atoms with Gasteiger partial charge in [-0.25, -0.2) is 8.78 Å². The number of para-hydroxylation sites is 1. The topological polar surface area (TPSA) is 49.9 Å². The van der Waals surface area contributed by atoms with E-state index >= 15 is 0 Å². The van der Waals surface area contributed by atoms with E-state index in [1.54, 1.807) is 41.1 Å². The zero-order valence-corrected chi connectivity index (χ0v) is 18.8. The first kappa shape index (κ1) is 23.7. The molecular formula is C25H30F2N2O3. The van der Waals surface area contributed by atoms with Crippen LogP contribution < -0.4 is 4.74 Å². The Kier molecular flexibility index (Phi) is 7.83. The second-order valence-electron chi connectivity index (χ2n) is 8.68. The first-order valence-corrected chi connectivity index (χ1v) is 11.0. The summed E-state index contributed by atoms with van der Waals surface area (Å²) in [5.74, 6) is -1.37. The van der Waals surface area contributed by atoms with Crippen LogP contribution >= 0.6 is 0 Å². The minimum Gasteiger partial charge on any atom is -0.491 e. The van der Waals surface area contributed by atoms with Crippen LogP contribution in [0, 0.1) is 17.6 Å². The number of amides is 2. The second kappa shape index (κ2) is 10.6. The van der Waals surface area contributed by atoms with E-state index in [9.17, 15) is 18.4 Å². The maximum atomic E-state index is 13.8. The van der Waals surface area contributed by atoms with Gasteiger partial charge in [0.05, 0.1) is 11.6 Å². The highest BCUT2D eigenvalue weighted by molar-refractivity contribution is 5.97. The Morgan fingerprint density at radius 2 is 1.75 bits per heavy atom. The number of carbonyl (C=O) groups is 2. The first-order chi connectivity index (χ1) is 15.3. The number of carbonyl (C=O) groups excluding carboxylic acids is 2. The van der Waals surface area contributed by atoms with Crippen LogP contribution in [-0.2, 0) is 0 Å². The molecule has 1 aliphatic heterocycles. The number of rotatable bonds is 3. The third-order valence-electron chi connectivity index (χ3n) is 5.59. The monoisotopic (exact) mass is 444 g/mol. The maximum absolute atomic E-state index is 13.8. The molecule has 0 saturated carbocycles. The van der Waals surface area contributed by atoms with Crippen molar-refractivity contribution in [1.29, 1.82) is 0 Å². The van der Waals surface area contributed by atoms with E-state index in [-0.39, 0.29) is 30.0 Å². The average molecular weight is 445 g/mol. The molecule has 32 heavy (non-hydrogen) atoms. The van der Waals surface area contributed by atoms with Crippen molar-refractivity contribution in [1.82, 2.24) is 9.80 Å². The van der Waals surface area contributed by atoms with Crippen LogP contribution in [0.25, 0.3) is 0 Å². The van der Waals surface area contributed by atoms with E-state index < -0.39 is 17.5 Å². The van der Waals surface area contributed by atoms with Gasteiger partial charge in [0, 0.05) is 31.8 Å². The Morgan fingerprint density at radius 3 is 2.44 bits per heavy atom. The molecule has 0 bridgehead atoms. The minimum atomic E-state index is -0.784. The average Bonchev–Trinajstić information content (AvgIpc) is 2.74. The van der Waals surface area contributed by atoms with Gasteiger partial charge >= 0.3 is 0 Å². The van der Waals surface area contributed by atoms with Crippen LogP contribution in [0.2, 0.25) is 0 Å². The lowest BCUT2D eigenvalue weighted by atomic mass is 10.0. The highest BCUT2D eigenvalue weighted by Gasteiger charge is 2.28. The molecule has 2 amide bonds. The minimum absolute atomic E-state index is 0.0175. The molecule has 0 fully saturated rings. The highest BCUT2D eigenvalue weighted by atomic mass is 19.1. The van der Waals surface area contributed by atoms with Crippen molar-refractivity contribution in [3.63, 3.8) is 0 Å². The molecular weight excluding hydrogens is 414 g/mol. The summed E-state index contributed by atoms with van der Waals surface area (Å²) < 4.78 is 33.7. The molecule has 0 spiro atoms. The largest absolute Gasteiger partial charge is 0.491 e. The Morgan fingerprint density at radius 1 is 1.09 bits per heavy atom. The van der Waals surface area contributed by atoms with Crippen molar-refractivity contribution < 1.29 is 23.1 Å². The quantitative estimate of drug-likeness (QED) is 0.686. The molecule has 0 aromatic heterocycles. The van der Waals surface area contributed by atoms with Crippen molar-refractivity contribution in [3.8, 4) is 5.75 Å². The lowest BCUT2D eigenvalue weighted by Crippen LogP contribution is -2.45. The molecule has 5 nitrogen and oxygen atoms in total. The van der Waals surface area contributed by atoms with E-state index in [4.69, 9.17) is 4.74 Å². The van der Waals surface area contributed by atoms with E-state index in [1.165, 1.54) is 0 Å². The van der Waals surface area contributed by atoms with Crippen molar-refractivity contribution in [2.24, 2.45) is 5.92 Å². The van der Waals surface area contributed by atoms with Gasteiger partial charge in [-0.1, -0.05) is 26.0 Å². The Labute approximate surface area is 188 Å². The van der Waals surface area contributed by atoms with Crippen LogP contribution in [0.1, 0.15) is 53.8 Å². The summed E-state index contributed by atoms with van der Waals surface area (Å²) in [4.78, 5) is 29.5. The molecule has 2 aromatic carbocycles. The summed E-state index contributed by atoms with van der Waals surface area (Å²) in [5, 5.41) is 0. The number of benzene rings is 2. The lowest BCUT2D eigenvalue weighted by Gasteiger charge is -2.34. The van der Waals surface area contributed by atoms with Crippen LogP contribution in [0.5, 0.6) is 5.75 Å². The van der Waals surface area contributed by atoms with E-state index in [1.807, 2.05) is 13.8 Å². The van der Waals surface area contributed by atoms with Crippen molar-refractivity contribution >= 4 is 11.8 Å². The molecule has 0 radical (unpaired) electrons. The van der Waals surface area contributed by atoms with Gasteiger partial charge in [-0.15, -0.1) is 0 Å². The molecule has 1 heterocycles. The maximum Gasteiger partial charge on any atom is 0.257 e. The summed E-state index contributed by atoms with van der Waals surface area (Å²) in [7, 11) is 1.74. The van der Waals surface area contributed by atoms with Crippen LogP contribution in [0.4, 0.5) is 8.78 Å². The van der Waals surface area contributed by atoms with Gasteiger partial charge in [-0.05, 0) is 49.4 Å². The number of fused-ring (bicyclic) bond motifs is 1. The summed E-state index contributed by atoms with van der Waals surface area (Å²) in [5.41, 5.74) is 0.458. The SMILES string of the molecule is CC(C)C[C@H]1COc2ccccc2C(=O)N(C)CCCCN1C(=O)c1cc(F)cc(F)c1. The van der Waals surface area contributed by atoms with E-state index in [0.29, 0.717) is 43.7 Å². The Bertz CT molecular complexity index is 944. The fourth-order valence-electron chi connectivity index (χ4n) is 4.02. The summed E-state index contributed by atoms with van der Waals surface area (Å²) in [6.45, 7) is 5.20. The summed E-state index contributed by atoms with van der Waals surface area (Å²) in [6.07, 6.45) is 2.00. The van der Waals surface area contributed by atoms with Crippen LogP contribution in [0.15, 0.2) is 42.5 Å². The molecule has 7 heteroatoms. The molecule has 0 saturated heterocycles. The molecule has 0 unspecified atom stereocenters. The van der Waals surface area contributed by atoms with Crippen LogP contribution in [-0.4, -0.2) is 54.4 Å². The zero-order valence-electron chi connectivity index (χ0n) is 18.8. The number of ether oxygens (including phenoxy) is 1.